The van der Waals surface area contributed by atoms with Crippen LogP contribution in [0.25, 0.3) is 0 Å². The molecule has 0 unspecified atom stereocenters. The van der Waals surface area contributed by atoms with Gasteiger partial charge in [-0.15, -0.1) is 11.3 Å². The van der Waals surface area contributed by atoms with Crippen LogP contribution in [0.1, 0.15) is 4.88 Å². The molecule has 1 aromatic heterocycles. The number of rotatable bonds is 0. The molecule has 0 aliphatic heterocycles. The van der Waals surface area contributed by atoms with Gasteiger partial charge in [0.25, 0.3) is 0 Å². The second-order valence-electron chi connectivity index (χ2n) is 1.56. The zero-order chi connectivity index (χ0) is 7.40. The van der Waals surface area contributed by atoms with E-state index in [0.29, 0.717) is 0 Å². The lowest BCUT2D eigenvalue weighted by atomic mass is 10.5. The Balaban J connectivity index is 2.76. The molecule has 1 heterocycles. The van der Waals surface area contributed by atoms with Crippen molar-refractivity contribution in [2.45, 2.75) is 0 Å². The standard InChI is InChI=1S/C7H5BrOS/c8-7-4-3-6(10-7)2-1-5-9/h3-4,9H,5H2. The van der Waals surface area contributed by atoms with Gasteiger partial charge in [0.15, 0.2) is 0 Å². The molecule has 0 bridgehead atoms. The molecule has 0 aliphatic rings. The van der Waals surface area contributed by atoms with E-state index in [2.05, 4.69) is 27.8 Å². The van der Waals surface area contributed by atoms with E-state index in [9.17, 15) is 0 Å². The van der Waals surface area contributed by atoms with Crippen LogP contribution in [0.2, 0.25) is 0 Å². The van der Waals surface area contributed by atoms with Crippen molar-refractivity contribution in [2.24, 2.45) is 0 Å². The monoisotopic (exact) mass is 216 g/mol. The molecule has 0 radical (unpaired) electrons. The van der Waals surface area contributed by atoms with Gasteiger partial charge < -0.3 is 5.11 Å². The smallest absolute Gasteiger partial charge is 0.104 e. The Morgan fingerprint density at radius 2 is 2.40 bits per heavy atom. The third kappa shape index (κ3) is 2.14. The van der Waals surface area contributed by atoms with E-state index in [1.807, 2.05) is 12.1 Å². The van der Waals surface area contributed by atoms with Gasteiger partial charge in [-0.3, -0.25) is 0 Å². The molecule has 1 nitrogen and oxygen atoms in total. The van der Waals surface area contributed by atoms with Gasteiger partial charge in [0, 0.05) is 0 Å². The Bertz CT molecular complexity index is 269. The average molecular weight is 217 g/mol. The van der Waals surface area contributed by atoms with Crippen molar-refractivity contribution in [2.75, 3.05) is 6.61 Å². The molecule has 1 rings (SSSR count). The van der Waals surface area contributed by atoms with Crippen LogP contribution >= 0.6 is 27.3 Å². The summed E-state index contributed by atoms with van der Waals surface area (Å²) in [6, 6.07) is 3.85. The van der Waals surface area contributed by atoms with Gasteiger partial charge in [0.1, 0.15) is 6.61 Å². The highest BCUT2D eigenvalue weighted by atomic mass is 79.9. The Morgan fingerprint density at radius 1 is 1.60 bits per heavy atom. The van der Waals surface area contributed by atoms with E-state index < -0.39 is 0 Å². The Morgan fingerprint density at radius 3 is 2.90 bits per heavy atom. The van der Waals surface area contributed by atoms with Crippen LogP contribution < -0.4 is 0 Å². The van der Waals surface area contributed by atoms with Crippen molar-refractivity contribution in [1.29, 1.82) is 0 Å². The summed E-state index contributed by atoms with van der Waals surface area (Å²) in [6.07, 6.45) is 0. The molecule has 52 valence electrons. The van der Waals surface area contributed by atoms with Crippen LogP contribution in [0, 0.1) is 11.8 Å². The second kappa shape index (κ2) is 3.77. The topological polar surface area (TPSA) is 20.2 Å². The van der Waals surface area contributed by atoms with Crippen LogP contribution in [0.4, 0.5) is 0 Å². The highest BCUT2D eigenvalue weighted by Crippen LogP contribution is 2.20. The maximum atomic E-state index is 8.35. The molecule has 0 amide bonds. The van der Waals surface area contributed by atoms with Crippen molar-refractivity contribution < 1.29 is 5.11 Å². The first-order chi connectivity index (χ1) is 4.83. The predicted octanol–water partition coefficient (Wildman–Crippen LogP) is 1.85. The minimum Gasteiger partial charge on any atom is -0.384 e. The summed E-state index contributed by atoms with van der Waals surface area (Å²) >= 11 is 4.87. The lowest BCUT2D eigenvalue weighted by Gasteiger charge is -1.74. The normalized spacial score (nSPS) is 8.60. The molecule has 3 heteroatoms. The van der Waals surface area contributed by atoms with Gasteiger partial charge in [-0.05, 0) is 28.1 Å². The van der Waals surface area contributed by atoms with E-state index in [1.54, 1.807) is 11.3 Å². The van der Waals surface area contributed by atoms with Crippen molar-refractivity contribution in [1.82, 2.24) is 0 Å². The van der Waals surface area contributed by atoms with Crippen LogP contribution in [0.15, 0.2) is 15.9 Å². The van der Waals surface area contributed by atoms with Crippen molar-refractivity contribution >= 4 is 27.3 Å². The third-order valence-electron chi connectivity index (χ3n) is 0.864. The van der Waals surface area contributed by atoms with Crippen molar-refractivity contribution in [3.63, 3.8) is 0 Å². The fourth-order valence-corrected chi connectivity index (χ4v) is 1.77. The van der Waals surface area contributed by atoms with E-state index >= 15 is 0 Å². The maximum Gasteiger partial charge on any atom is 0.104 e. The predicted molar refractivity (Wildman–Crippen MR) is 46.0 cm³/mol. The Kier molecular flexibility index (Phi) is 2.94. The quantitative estimate of drug-likeness (QED) is 0.657. The molecule has 1 N–H and O–H groups in total. The minimum atomic E-state index is -0.0739. The fraction of sp³-hybridized carbons (Fsp3) is 0.143. The molecule has 0 atom stereocenters. The number of aliphatic hydroxyl groups excluding tert-OH is 1. The third-order valence-corrected chi connectivity index (χ3v) is 2.40. The van der Waals surface area contributed by atoms with Gasteiger partial charge in [-0.25, -0.2) is 0 Å². The zero-order valence-corrected chi connectivity index (χ0v) is 7.50. The molecule has 0 saturated heterocycles. The highest BCUT2D eigenvalue weighted by Gasteiger charge is 1.90. The molecule has 0 aromatic carbocycles. The van der Waals surface area contributed by atoms with Crippen LogP contribution in [-0.4, -0.2) is 11.7 Å². The van der Waals surface area contributed by atoms with E-state index in [-0.39, 0.29) is 6.61 Å². The fourth-order valence-electron chi connectivity index (χ4n) is 0.508. The number of aliphatic hydroxyl groups is 1. The summed E-state index contributed by atoms with van der Waals surface area (Å²) in [7, 11) is 0. The average Bonchev–Trinajstić information content (AvgIpc) is 2.31. The first-order valence-corrected chi connectivity index (χ1v) is 4.29. The number of thiophene rings is 1. The van der Waals surface area contributed by atoms with Crippen LogP contribution in [-0.2, 0) is 0 Å². The highest BCUT2D eigenvalue weighted by molar-refractivity contribution is 9.11. The van der Waals surface area contributed by atoms with Crippen LogP contribution in [0.3, 0.4) is 0 Å². The van der Waals surface area contributed by atoms with Gasteiger partial charge >= 0.3 is 0 Å². The van der Waals surface area contributed by atoms with Crippen molar-refractivity contribution in [3.8, 4) is 11.8 Å². The Hall–Kier alpha value is -0.300. The molecule has 0 aliphatic carbocycles. The maximum absolute atomic E-state index is 8.35. The lowest BCUT2D eigenvalue weighted by Crippen LogP contribution is -1.70. The van der Waals surface area contributed by atoms with E-state index in [1.165, 1.54) is 0 Å². The van der Waals surface area contributed by atoms with E-state index in [4.69, 9.17) is 5.11 Å². The molecule has 0 spiro atoms. The largest absolute Gasteiger partial charge is 0.384 e. The number of halogens is 1. The summed E-state index contributed by atoms with van der Waals surface area (Å²) in [5.41, 5.74) is 0. The summed E-state index contributed by atoms with van der Waals surface area (Å²) in [5.74, 6) is 5.38. The summed E-state index contributed by atoms with van der Waals surface area (Å²) in [5, 5.41) is 8.35. The molecule has 10 heavy (non-hydrogen) atoms. The van der Waals surface area contributed by atoms with E-state index in [0.717, 1.165) is 8.66 Å². The number of hydrogen-bond donors (Lipinski definition) is 1. The van der Waals surface area contributed by atoms with Gasteiger partial charge in [0.05, 0.1) is 8.66 Å². The van der Waals surface area contributed by atoms with Crippen molar-refractivity contribution in [3.05, 3.63) is 20.8 Å². The minimum absolute atomic E-state index is 0.0739. The SMILES string of the molecule is OCC#Cc1ccc(Br)s1. The summed E-state index contributed by atoms with van der Waals surface area (Å²) in [4.78, 5) is 0.973. The molecule has 1 aromatic rings. The van der Waals surface area contributed by atoms with Crippen LogP contribution in [0.5, 0.6) is 0 Å². The zero-order valence-electron chi connectivity index (χ0n) is 5.10. The van der Waals surface area contributed by atoms with Gasteiger partial charge in [0.2, 0.25) is 0 Å². The Labute approximate surface area is 71.8 Å². The molecular formula is C7H5BrOS. The first-order valence-electron chi connectivity index (χ1n) is 2.68. The molecular weight excluding hydrogens is 212 g/mol. The number of hydrogen-bond acceptors (Lipinski definition) is 2. The van der Waals surface area contributed by atoms with Gasteiger partial charge in [-0.1, -0.05) is 11.8 Å². The molecule has 0 fully saturated rings. The lowest BCUT2D eigenvalue weighted by molar-refractivity contribution is 0.350. The molecule has 0 saturated carbocycles. The summed E-state index contributed by atoms with van der Waals surface area (Å²) < 4.78 is 1.06. The van der Waals surface area contributed by atoms with Gasteiger partial charge in [-0.2, -0.15) is 0 Å². The first kappa shape index (κ1) is 7.80. The summed E-state index contributed by atoms with van der Waals surface area (Å²) in [6.45, 7) is -0.0739. The second-order valence-corrected chi connectivity index (χ2v) is 4.03.